The van der Waals surface area contributed by atoms with Crippen LogP contribution in [-0.4, -0.2) is 35.4 Å². The molecule has 2 aromatic rings. The Kier molecular flexibility index (Phi) is 7.02. The van der Waals surface area contributed by atoms with Crippen LogP contribution in [0.25, 0.3) is 10.9 Å². The summed E-state index contributed by atoms with van der Waals surface area (Å²) in [6.07, 6.45) is 0.0496. The average molecular weight is 385 g/mol. The molecule has 1 aromatic carbocycles. The van der Waals surface area contributed by atoms with Gasteiger partial charge in [-0.3, -0.25) is 14.4 Å². The minimum absolute atomic E-state index is 0.0496. The Morgan fingerprint density at radius 2 is 2.04 bits per heavy atom. The number of anilines is 1. The van der Waals surface area contributed by atoms with Crippen LogP contribution >= 0.6 is 15.9 Å². The second kappa shape index (κ2) is 8.52. The van der Waals surface area contributed by atoms with Crippen molar-refractivity contribution in [3.63, 3.8) is 0 Å². The van der Waals surface area contributed by atoms with Crippen molar-refractivity contribution in [1.29, 1.82) is 0 Å². The SMILES string of the molecule is CC.COC(=O)CCN(C(N)=O)c1nn(C)c2cc(Br)ccc12. The fraction of sp³-hybridized carbons (Fsp3) is 0.400. The zero-order valence-corrected chi connectivity index (χ0v) is 15.3. The van der Waals surface area contributed by atoms with E-state index in [0.717, 1.165) is 15.4 Å². The van der Waals surface area contributed by atoms with Crippen molar-refractivity contribution in [2.75, 3.05) is 18.6 Å². The third kappa shape index (κ3) is 4.44. The molecule has 0 unspecified atom stereocenters. The number of aromatic nitrogens is 2. The highest BCUT2D eigenvalue weighted by atomic mass is 79.9. The van der Waals surface area contributed by atoms with Gasteiger partial charge in [0.15, 0.2) is 5.82 Å². The van der Waals surface area contributed by atoms with E-state index in [1.165, 1.54) is 12.0 Å². The Labute approximate surface area is 143 Å². The van der Waals surface area contributed by atoms with Gasteiger partial charge in [-0.25, -0.2) is 4.79 Å². The summed E-state index contributed by atoms with van der Waals surface area (Å²) in [6.45, 7) is 4.12. The van der Waals surface area contributed by atoms with Gasteiger partial charge < -0.3 is 10.5 Å². The number of fused-ring (bicyclic) bond motifs is 1. The molecule has 8 heteroatoms. The fourth-order valence-electron chi connectivity index (χ4n) is 2.04. The van der Waals surface area contributed by atoms with Gasteiger partial charge in [0.25, 0.3) is 0 Å². The first-order valence-electron chi connectivity index (χ1n) is 7.20. The molecule has 0 radical (unpaired) electrons. The van der Waals surface area contributed by atoms with E-state index in [1.54, 1.807) is 11.7 Å². The van der Waals surface area contributed by atoms with E-state index in [2.05, 4.69) is 25.8 Å². The summed E-state index contributed by atoms with van der Waals surface area (Å²) in [4.78, 5) is 24.2. The largest absolute Gasteiger partial charge is 0.469 e. The van der Waals surface area contributed by atoms with Crippen LogP contribution in [0.5, 0.6) is 0 Å². The monoisotopic (exact) mass is 384 g/mol. The number of rotatable bonds is 4. The first-order chi connectivity index (χ1) is 10.9. The second-order valence-electron chi connectivity index (χ2n) is 4.42. The first kappa shape index (κ1) is 19.0. The zero-order valence-electron chi connectivity index (χ0n) is 13.7. The van der Waals surface area contributed by atoms with E-state index in [0.29, 0.717) is 5.82 Å². The van der Waals surface area contributed by atoms with Crippen LogP contribution in [-0.2, 0) is 16.6 Å². The van der Waals surface area contributed by atoms with Gasteiger partial charge in [0, 0.05) is 23.5 Å². The van der Waals surface area contributed by atoms with E-state index in [-0.39, 0.29) is 13.0 Å². The van der Waals surface area contributed by atoms with Crippen LogP contribution in [0.4, 0.5) is 10.6 Å². The molecule has 2 N–H and O–H groups in total. The van der Waals surface area contributed by atoms with Crippen LogP contribution < -0.4 is 10.6 Å². The number of hydrogen-bond acceptors (Lipinski definition) is 4. The number of nitrogens with two attached hydrogens (primary N) is 1. The second-order valence-corrected chi connectivity index (χ2v) is 5.34. The molecular weight excluding hydrogens is 364 g/mol. The van der Waals surface area contributed by atoms with Gasteiger partial charge in [0.05, 0.1) is 19.0 Å². The predicted molar refractivity (Wildman–Crippen MR) is 93.3 cm³/mol. The molecule has 0 aliphatic heterocycles. The fourth-order valence-corrected chi connectivity index (χ4v) is 2.39. The molecule has 0 bridgehead atoms. The topological polar surface area (TPSA) is 90.4 Å². The molecule has 0 atom stereocenters. The lowest BCUT2D eigenvalue weighted by atomic mass is 10.2. The number of hydrogen-bond donors (Lipinski definition) is 1. The lowest BCUT2D eigenvalue weighted by Gasteiger charge is -2.17. The Balaban J connectivity index is 0.00000127. The van der Waals surface area contributed by atoms with Gasteiger partial charge in [-0.1, -0.05) is 29.8 Å². The maximum Gasteiger partial charge on any atom is 0.320 e. The van der Waals surface area contributed by atoms with Gasteiger partial charge in [0.1, 0.15) is 0 Å². The molecule has 0 aliphatic rings. The molecule has 2 rings (SSSR count). The number of primary amides is 1. The van der Waals surface area contributed by atoms with E-state index in [4.69, 9.17) is 5.73 Å². The molecule has 0 aliphatic carbocycles. The highest BCUT2D eigenvalue weighted by Gasteiger charge is 2.21. The molecular formula is C15H21BrN4O3. The lowest BCUT2D eigenvalue weighted by molar-refractivity contribution is -0.140. The summed E-state index contributed by atoms with van der Waals surface area (Å²) in [5, 5.41) is 5.11. The minimum Gasteiger partial charge on any atom is -0.469 e. The Morgan fingerprint density at radius 3 is 2.61 bits per heavy atom. The number of urea groups is 1. The number of aryl methyl sites for hydroxylation is 1. The van der Waals surface area contributed by atoms with Crippen LogP contribution in [0.3, 0.4) is 0 Å². The van der Waals surface area contributed by atoms with E-state index >= 15 is 0 Å². The zero-order chi connectivity index (χ0) is 17.6. The summed E-state index contributed by atoms with van der Waals surface area (Å²) in [6, 6.07) is 4.93. The standard InChI is InChI=1S/C13H15BrN4O3.C2H6/c1-17-10-7-8(14)3-4-9(10)12(16-17)18(13(15)20)6-5-11(19)21-2;1-2/h3-4,7H,5-6H2,1-2H3,(H2,15,20);1-2H3. The van der Waals surface area contributed by atoms with Gasteiger partial charge in [-0.05, 0) is 18.2 Å². The van der Waals surface area contributed by atoms with Crippen LogP contribution in [0.2, 0.25) is 0 Å². The molecule has 1 heterocycles. The highest BCUT2D eigenvalue weighted by molar-refractivity contribution is 9.10. The molecule has 0 saturated carbocycles. The number of methoxy groups -OCH3 is 1. The van der Waals surface area contributed by atoms with Crippen molar-refractivity contribution >= 4 is 44.7 Å². The van der Waals surface area contributed by atoms with Crippen LogP contribution in [0.1, 0.15) is 20.3 Å². The lowest BCUT2D eigenvalue weighted by Crippen LogP contribution is -2.38. The molecule has 1 aromatic heterocycles. The number of carbonyl (C=O) groups excluding carboxylic acids is 2. The summed E-state index contributed by atoms with van der Waals surface area (Å²) in [5.41, 5.74) is 6.25. The maximum atomic E-state index is 11.7. The minimum atomic E-state index is -0.665. The molecule has 0 spiro atoms. The third-order valence-electron chi connectivity index (χ3n) is 3.08. The smallest absolute Gasteiger partial charge is 0.320 e. The quantitative estimate of drug-likeness (QED) is 0.820. The number of carbonyl (C=O) groups is 2. The van der Waals surface area contributed by atoms with Crippen molar-refractivity contribution in [3.8, 4) is 0 Å². The van der Waals surface area contributed by atoms with Gasteiger partial charge in [-0.2, -0.15) is 5.10 Å². The summed E-state index contributed by atoms with van der Waals surface area (Å²) in [5.74, 6) is 0.0145. The molecule has 126 valence electrons. The predicted octanol–water partition coefficient (Wildman–Crippen LogP) is 2.81. The number of amides is 2. The van der Waals surface area contributed by atoms with Crippen molar-refractivity contribution < 1.29 is 14.3 Å². The van der Waals surface area contributed by atoms with Gasteiger partial charge in [-0.15, -0.1) is 0 Å². The number of esters is 1. The summed E-state index contributed by atoms with van der Waals surface area (Å²) >= 11 is 3.39. The van der Waals surface area contributed by atoms with Crippen LogP contribution in [0.15, 0.2) is 22.7 Å². The number of nitrogens with zero attached hydrogens (tertiary/aromatic N) is 3. The Morgan fingerprint density at radius 1 is 1.39 bits per heavy atom. The molecule has 23 heavy (non-hydrogen) atoms. The third-order valence-corrected chi connectivity index (χ3v) is 3.58. The number of benzene rings is 1. The van der Waals surface area contributed by atoms with Crippen molar-refractivity contribution in [3.05, 3.63) is 22.7 Å². The Hall–Kier alpha value is -2.09. The molecule has 7 nitrogen and oxygen atoms in total. The van der Waals surface area contributed by atoms with E-state index in [1.807, 2.05) is 32.0 Å². The summed E-state index contributed by atoms with van der Waals surface area (Å²) < 4.78 is 7.14. The Bertz CT molecular complexity index is 699. The van der Waals surface area contributed by atoms with Crippen molar-refractivity contribution in [2.45, 2.75) is 20.3 Å². The average Bonchev–Trinajstić information content (AvgIpc) is 2.85. The van der Waals surface area contributed by atoms with Gasteiger partial charge >= 0.3 is 12.0 Å². The van der Waals surface area contributed by atoms with Crippen molar-refractivity contribution in [1.82, 2.24) is 9.78 Å². The van der Waals surface area contributed by atoms with E-state index in [9.17, 15) is 9.59 Å². The first-order valence-corrected chi connectivity index (χ1v) is 7.99. The number of halogens is 1. The number of ether oxygens (including phenoxy) is 1. The molecule has 0 fully saturated rings. The van der Waals surface area contributed by atoms with E-state index < -0.39 is 12.0 Å². The molecule has 0 saturated heterocycles. The van der Waals surface area contributed by atoms with Gasteiger partial charge in [0.2, 0.25) is 0 Å². The molecule has 2 amide bonds. The van der Waals surface area contributed by atoms with Crippen molar-refractivity contribution in [2.24, 2.45) is 12.8 Å². The highest BCUT2D eigenvalue weighted by Crippen LogP contribution is 2.28. The van der Waals surface area contributed by atoms with Crippen LogP contribution in [0, 0.1) is 0 Å². The maximum absolute atomic E-state index is 11.7. The normalized spacial score (nSPS) is 9.96. The summed E-state index contributed by atoms with van der Waals surface area (Å²) in [7, 11) is 3.07.